The Morgan fingerprint density at radius 3 is 2.32 bits per heavy atom. The number of carbonyl (C=O) groups is 1. The van der Waals surface area contributed by atoms with E-state index in [4.69, 9.17) is 34.8 Å². The van der Waals surface area contributed by atoms with Gasteiger partial charge in [0, 0.05) is 34.3 Å². The van der Waals surface area contributed by atoms with Gasteiger partial charge in [-0.1, -0.05) is 46.9 Å². The number of benzene rings is 2. The third-order valence-corrected chi connectivity index (χ3v) is 6.56. The van der Waals surface area contributed by atoms with Gasteiger partial charge in [-0.25, -0.2) is 4.98 Å². The predicted molar refractivity (Wildman–Crippen MR) is 125 cm³/mol. The smallest absolute Gasteiger partial charge is 0.289 e. The Bertz CT molecular complexity index is 1090. The molecule has 1 saturated carbocycles. The molecule has 1 aliphatic rings. The molecule has 1 aliphatic carbocycles. The molecule has 4 rings (SSSR count). The molecule has 1 amide bonds. The maximum absolute atomic E-state index is 13.2. The van der Waals surface area contributed by atoms with Crippen molar-refractivity contribution in [2.75, 3.05) is 7.05 Å². The Hall–Kier alpha value is -2.05. The number of nitrogens with one attached hydrogen (secondary N) is 1. The number of H-pyrrole nitrogens is 1. The number of aromatic amines is 1. The van der Waals surface area contributed by atoms with Crippen molar-refractivity contribution in [3.63, 3.8) is 0 Å². The summed E-state index contributed by atoms with van der Waals surface area (Å²) in [5.74, 6) is 0.0347. The molecule has 1 heterocycles. The van der Waals surface area contributed by atoms with Crippen LogP contribution in [0.1, 0.15) is 36.3 Å². The molecule has 1 fully saturated rings. The minimum atomic E-state index is -0.279. The summed E-state index contributed by atoms with van der Waals surface area (Å²) in [6, 6.07) is 12.6. The van der Waals surface area contributed by atoms with E-state index in [1.54, 1.807) is 42.3 Å². The summed E-state index contributed by atoms with van der Waals surface area (Å²) in [6.07, 6.45) is 2.65. The van der Waals surface area contributed by atoms with E-state index in [-0.39, 0.29) is 23.9 Å². The number of imidazole rings is 1. The molecule has 0 unspecified atom stereocenters. The minimum absolute atomic E-state index is 0.0718. The van der Waals surface area contributed by atoms with Gasteiger partial charge in [0.2, 0.25) is 0 Å². The minimum Gasteiger partial charge on any atom is -0.393 e. The number of carbonyl (C=O) groups excluding carboxylic acids is 1. The summed E-state index contributed by atoms with van der Waals surface area (Å²) >= 11 is 18.6. The number of aliphatic hydroxyl groups excluding tert-OH is 1. The van der Waals surface area contributed by atoms with E-state index >= 15 is 0 Å². The summed E-state index contributed by atoms with van der Waals surface area (Å²) in [5, 5.41) is 11.4. The molecule has 5 nitrogen and oxygen atoms in total. The second-order valence-corrected chi connectivity index (χ2v) is 9.10. The Morgan fingerprint density at radius 2 is 1.68 bits per heavy atom. The maximum atomic E-state index is 13.2. The monoisotopic (exact) mass is 477 g/mol. The number of aliphatic hydroxyl groups is 1. The molecule has 0 aliphatic heterocycles. The highest BCUT2D eigenvalue weighted by atomic mass is 35.5. The summed E-state index contributed by atoms with van der Waals surface area (Å²) in [5.41, 5.74) is 2.76. The Balaban J connectivity index is 1.74. The fourth-order valence-corrected chi connectivity index (χ4v) is 4.58. The molecular weight excluding hydrogens is 457 g/mol. The van der Waals surface area contributed by atoms with E-state index in [1.807, 2.05) is 12.1 Å². The summed E-state index contributed by atoms with van der Waals surface area (Å²) in [4.78, 5) is 22.8. The van der Waals surface area contributed by atoms with E-state index in [1.165, 1.54) is 0 Å². The Labute approximate surface area is 196 Å². The van der Waals surface area contributed by atoms with E-state index in [2.05, 4.69) is 9.97 Å². The molecule has 3 aromatic rings. The van der Waals surface area contributed by atoms with Crippen LogP contribution >= 0.6 is 34.8 Å². The highest BCUT2D eigenvalue weighted by Gasteiger charge is 2.29. The van der Waals surface area contributed by atoms with Crippen LogP contribution in [0.3, 0.4) is 0 Å². The molecule has 2 N–H and O–H groups in total. The number of rotatable bonds is 4. The van der Waals surface area contributed by atoms with Crippen LogP contribution in [0.4, 0.5) is 0 Å². The lowest BCUT2D eigenvalue weighted by atomic mass is 9.92. The Kier molecular flexibility index (Phi) is 6.58. The van der Waals surface area contributed by atoms with Crippen LogP contribution in [0.15, 0.2) is 42.5 Å². The standard InChI is InChI=1S/C23H22Cl3N3O2/c1-29(16-7-9-17(30)10-8-16)23(31)22-27-20(13-2-4-14(24)5-3-13)21(28-22)18-11-6-15(25)12-19(18)26/h2-6,11-12,16-17,30H,7-10H2,1H3,(H,27,28)/t16-,17-. The number of amides is 1. The number of aromatic nitrogens is 2. The second-order valence-electron chi connectivity index (χ2n) is 7.82. The largest absolute Gasteiger partial charge is 0.393 e. The molecule has 0 atom stereocenters. The number of halogens is 3. The predicted octanol–water partition coefficient (Wildman–Crippen LogP) is 6.08. The first-order valence-corrected chi connectivity index (χ1v) is 11.2. The second kappa shape index (κ2) is 9.21. The SMILES string of the molecule is CN(C(=O)c1nc(-c2ccc(Cl)cc2Cl)c(-c2ccc(Cl)cc2)[nH]1)[C@H]1CC[C@H](O)CC1. The molecule has 162 valence electrons. The topological polar surface area (TPSA) is 69.2 Å². The molecule has 0 saturated heterocycles. The molecule has 31 heavy (non-hydrogen) atoms. The third kappa shape index (κ3) is 4.75. The van der Waals surface area contributed by atoms with Gasteiger partial charge in [0.15, 0.2) is 5.82 Å². The van der Waals surface area contributed by atoms with Gasteiger partial charge in [-0.3, -0.25) is 4.79 Å². The first kappa shape index (κ1) is 22.2. The maximum Gasteiger partial charge on any atom is 0.289 e. The average molecular weight is 479 g/mol. The van der Waals surface area contributed by atoms with E-state index < -0.39 is 0 Å². The zero-order valence-corrected chi connectivity index (χ0v) is 19.2. The first-order valence-electron chi connectivity index (χ1n) is 10.1. The lowest BCUT2D eigenvalue weighted by Crippen LogP contribution is -2.40. The van der Waals surface area contributed by atoms with Crippen molar-refractivity contribution in [2.45, 2.75) is 37.8 Å². The first-order chi connectivity index (χ1) is 14.8. The van der Waals surface area contributed by atoms with Gasteiger partial charge in [-0.15, -0.1) is 0 Å². The molecule has 1 aromatic heterocycles. The van der Waals surface area contributed by atoms with Crippen molar-refractivity contribution in [3.05, 3.63) is 63.4 Å². The van der Waals surface area contributed by atoms with Gasteiger partial charge in [-0.05, 0) is 56.0 Å². The number of nitrogens with zero attached hydrogens (tertiary/aromatic N) is 2. The van der Waals surface area contributed by atoms with Crippen molar-refractivity contribution in [1.29, 1.82) is 0 Å². The van der Waals surface area contributed by atoms with Gasteiger partial charge < -0.3 is 15.0 Å². The van der Waals surface area contributed by atoms with Gasteiger partial charge in [0.25, 0.3) is 5.91 Å². The van der Waals surface area contributed by atoms with Crippen molar-refractivity contribution in [2.24, 2.45) is 0 Å². The molecule has 0 radical (unpaired) electrons. The quantitative estimate of drug-likeness (QED) is 0.477. The van der Waals surface area contributed by atoms with Crippen LogP contribution in [0, 0.1) is 0 Å². The zero-order chi connectivity index (χ0) is 22.1. The van der Waals surface area contributed by atoms with E-state index in [0.29, 0.717) is 44.9 Å². The van der Waals surface area contributed by atoms with Crippen molar-refractivity contribution < 1.29 is 9.90 Å². The van der Waals surface area contributed by atoms with Gasteiger partial charge >= 0.3 is 0 Å². The van der Waals surface area contributed by atoms with Gasteiger partial charge in [-0.2, -0.15) is 0 Å². The molecule has 2 aromatic carbocycles. The lowest BCUT2D eigenvalue weighted by molar-refractivity contribution is 0.0560. The van der Waals surface area contributed by atoms with Crippen LogP contribution in [0.25, 0.3) is 22.5 Å². The van der Waals surface area contributed by atoms with Crippen molar-refractivity contribution in [1.82, 2.24) is 14.9 Å². The van der Waals surface area contributed by atoms with Gasteiger partial charge in [0.1, 0.15) is 0 Å². The zero-order valence-electron chi connectivity index (χ0n) is 16.9. The van der Waals surface area contributed by atoms with Crippen molar-refractivity contribution in [3.8, 4) is 22.5 Å². The van der Waals surface area contributed by atoms with E-state index in [0.717, 1.165) is 18.4 Å². The van der Waals surface area contributed by atoms with Crippen LogP contribution in [0.2, 0.25) is 15.1 Å². The molecule has 0 spiro atoms. The lowest BCUT2D eigenvalue weighted by Gasteiger charge is -2.32. The number of hydrogen-bond donors (Lipinski definition) is 2. The van der Waals surface area contributed by atoms with Crippen LogP contribution in [-0.2, 0) is 0 Å². The highest BCUT2D eigenvalue weighted by molar-refractivity contribution is 6.36. The van der Waals surface area contributed by atoms with Crippen LogP contribution in [0.5, 0.6) is 0 Å². The molecule has 8 heteroatoms. The fourth-order valence-electron chi connectivity index (χ4n) is 3.95. The molecule has 0 bridgehead atoms. The van der Waals surface area contributed by atoms with Gasteiger partial charge in [0.05, 0.1) is 22.5 Å². The summed E-state index contributed by atoms with van der Waals surface area (Å²) in [6.45, 7) is 0. The number of hydrogen-bond acceptors (Lipinski definition) is 3. The highest BCUT2D eigenvalue weighted by Crippen LogP contribution is 2.36. The van der Waals surface area contributed by atoms with Crippen LogP contribution < -0.4 is 0 Å². The van der Waals surface area contributed by atoms with E-state index in [9.17, 15) is 9.90 Å². The average Bonchev–Trinajstić information content (AvgIpc) is 3.19. The summed E-state index contributed by atoms with van der Waals surface area (Å²) in [7, 11) is 1.78. The third-order valence-electron chi connectivity index (χ3n) is 5.76. The Morgan fingerprint density at radius 1 is 1.03 bits per heavy atom. The molecular formula is C23H22Cl3N3O2. The van der Waals surface area contributed by atoms with Crippen molar-refractivity contribution >= 4 is 40.7 Å². The van der Waals surface area contributed by atoms with Crippen LogP contribution in [-0.4, -0.2) is 45.1 Å². The fraction of sp³-hybridized carbons (Fsp3) is 0.304. The normalized spacial score (nSPS) is 18.7. The summed E-state index contributed by atoms with van der Waals surface area (Å²) < 4.78 is 0.